The minimum absolute atomic E-state index is 0.304. The van der Waals surface area contributed by atoms with E-state index in [1.54, 1.807) is 6.92 Å². The van der Waals surface area contributed by atoms with Crippen LogP contribution in [0.4, 0.5) is 0 Å². The van der Waals surface area contributed by atoms with E-state index >= 15 is 0 Å². The van der Waals surface area contributed by atoms with Gasteiger partial charge in [0.15, 0.2) is 0 Å². The van der Waals surface area contributed by atoms with E-state index in [0.717, 1.165) is 12.8 Å². The van der Waals surface area contributed by atoms with Gasteiger partial charge in [-0.15, -0.1) is 0 Å². The third kappa shape index (κ3) is 2.87. The molecule has 7 heteroatoms. The van der Waals surface area contributed by atoms with Crippen LogP contribution >= 0.6 is 10.7 Å². The topological polar surface area (TPSA) is 80.7 Å². The predicted octanol–water partition coefficient (Wildman–Crippen LogP) is 1.91. The first-order valence-electron chi connectivity index (χ1n) is 5.18. The summed E-state index contributed by atoms with van der Waals surface area (Å²) in [6.45, 7) is 1.69. The van der Waals surface area contributed by atoms with Crippen molar-refractivity contribution in [2.45, 2.75) is 45.1 Å². The van der Waals surface area contributed by atoms with Crippen LogP contribution in [-0.4, -0.2) is 25.6 Å². The lowest BCUT2D eigenvalue weighted by molar-refractivity contribution is -0.154. The van der Waals surface area contributed by atoms with Crippen molar-refractivity contribution in [2.24, 2.45) is 5.41 Å². The van der Waals surface area contributed by atoms with Gasteiger partial charge < -0.3 is 5.11 Å². The average molecular weight is 271 g/mol. The molecule has 0 aliphatic heterocycles. The molecule has 94 valence electrons. The Morgan fingerprint density at radius 1 is 1.50 bits per heavy atom. The first-order chi connectivity index (χ1) is 7.32. The minimum atomic E-state index is -4.14. The summed E-state index contributed by atoms with van der Waals surface area (Å²) in [7, 11) is 0.873. The second kappa shape index (κ2) is 4.89. The van der Waals surface area contributed by atoms with Crippen LogP contribution in [0.2, 0.25) is 0 Å². The molecule has 0 saturated heterocycles. The van der Waals surface area contributed by atoms with Crippen molar-refractivity contribution in [1.82, 2.24) is 0 Å². The first-order valence-corrected chi connectivity index (χ1v) is 7.41. The van der Waals surface area contributed by atoms with Crippen molar-refractivity contribution in [1.29, 1.82) is 0 Å². The van der Waals surface area contributed by atoms with Gasteiger partial charge in [0.05, 0.1) is 11.5 Å². The van der Waals surface area contributed by atoms with Crippen LogP contribution in [0.5, 0.6) is 0 Å². The molecule has 0 heterocycles. The Kier molecular flexibility index (Phi) is 4.20. The SMILES string of the molecule is CCC(OS(=O)(=O)Cl)C1(C(=O)O)CCCC1. The lowest BCUT2D eigenvalue weighted by Crippen LogP contribution is -2.42. The number of hydrogen-bond acceptors (Lipinski definition) is 4. The maximum atomic E-state index is 11.3. The van der Waals surface area contributed by atoms with Gasteiger partial charge in [0.25, 0.3) is 0 Å². The van der Waals surface area contributed by atoms with Crippen LogP contribution in [0.15, 0.2) is 0 Å². The highest BCUT2D eigenvalue weighted by Crippen LogP contribution is 2.44. The molecule has 1 aliphatic carbocycles. The highest BCUT2D eigenvalue weighted by molar-refractivity contribution is 8.10. The lowest BCUT2D eigenvalue weighted by Gasteiger charge is -2.31. The molecule has 1 atom stereocenters. The molecule has 1 aliphatic rings. The molecule has 5 nitrogen and oxygen atoms in total. The monoisotopic (exact) mass is 270 g/mol. The summed E-state index contributed by atoms with van der Waals surface area (Å²) in [6.07, 6.45) is 1.84. The fraction of sp³-hybridized carbons (Fsp3) is 0.889. The number of carboxylic acids is 1. The van der Waals surface area contributed by atoms with Crippen molar-refractivity contribution < 1.29 is 22.5 Å². The average Bonchev–Trinajstić information content (AvgIpc) is 2.62. The van der Waals surface area contributed by atoms with E-state index in [1.807, 2.05) is 0 Å². The molecular weight excluding hydrogens is 256 g/mol. The Bertz CT molecular complexity index is 358. The lowest BCUT2D eigenvalue weighted by atomic mass is 9.79. The smallest absolute Gasteiger partial charge is 0.355 e. The quantitative estimate of drug-likeness (QED) is 0.772. The van der Waals surface area contributed by atoms with Crippen molar-refractivity contribution in [3.63, 3.8) is 0 Å². The molecule has 16 heavy (non-hydrogen) atoms. The second-order valence-electron chi connectivity index (χ2n) is 4.05. The highest BCUT2D eigenvalue weighted by atomic mass is 35.7. The van der Waals surface area contributed by atoms with Crippen LogP contribution in [-0.2, 0) is 18.3 Å². The summed E-state index contributed by atoms with van der Waals surface area (Å²) in [4.78, 5) is 11.3. The number of hydrogen-bond donors (Lipinski definition) is 1. The van der Waals surface area contributed by atoms with E-state index in [-0.39, 0.29) is 0 Å². The Morgan fingerprint density at radius 3 is 2.31 bits per heavy atom. The molecule has 1 saturated carbocycles. The van der Waals surface area contributed by atoms with Crippen LogP contribution in [0.1, 0.15) is 39.0 Å². The zero-order valence-corrected chi connectivity index (χ0v) is 10.6. The molecular formula is C9H15ClO5S. The van der Waals surface area contributed by atoms with E-state index in [0.29, 0.717) is 19.3 Å². The van der Waals surface area contributed by atoms with Gasteiger partial charge in [-0.1, -0.05) is 19.8 Å². The molecule has 0 bridgehead atoms. The fourth-order valence-electron chi connectivity index (χ4n) is 2.37. The standard InChI is InChI=1S/C9H15ClO5S/c1-2-7(15-16(10,13)14)9(8(11)12)5-3-4-6-9/h7H,2-6H2,1H3,(H,11,12). The Morgan fingerprint density at radius 2 is 2.00 bits per heavy atom. The van der Waals surface area contributed by atoms with Crippen LogP contribution in [0.3, 0.4) is 0 Å². The summed E-state index contributed by atoms with van der Waals surface area (Å²) in [5, 5.41) is 9.24. The molecule has 1 fully saturated rings. The second-order valence-corrected chi connectivity index (χ2v) is 6.17. The van der Waals surface area contributed by atoms with Gasteiger partial charge in [0, 0.05) is 10.7 Å². The number of halogens is 1. The van der Waals surface area contributed by atoms with Crippen molar-refractivity contribution in [2.75, 3.05) is 0 Å². The van der Waals surface area contributed by atoms with E-state index < -0.39 is 26.8 Å². The third-order valence-corrected chi connectivity index (χ3v) is 3.82. The largest absolute Gasteiger partial charge is 0.481 e. The number of carboxylic acid groups (broad SMARTS) is 1. The Labute approximate surface area is 99.4 Å². The Hall–Kier alpha value is -0.330. The van der Waals surface area contributed by atoms with Gasteiger partial charge in [-0.05, 0) is 19.3 Å². The molecule has 1 unspecified atom stereocenters. The highest BCUT2D eigenvalue weighted by Gasteiger charge is 2.49. The number of rotatable bonds is 5. The molecule has 0 amide bonds. The maximum absolute atomic E-state index is 11.3. The van der Waals surface area contributed by atoms with Gasteiger partial charge in [-0.25, -0.2) is 0 Å². The zero-order valence-electron chi connectivity index (χ0n) is 8.98. The van der Waals surface area contributed by atoms with Gasteiger partial charge in [-0.2, -0.15) is 8.42 Å². The summed E-state index contributed by atoms with van der Waals surface area (Å²) >= 11 is 0. The number of aliphatic carboxylic acids is 1. The molecule has 0 aromatic heterocycles. The van der Waals surface area contributed by atoms with Gasteiger partial charge in [-0.3, -0.25) is 8.98 Å². The van der Waals surface area contributed by atoms with Gasteiger partial charge in [0.1, 0.15) is 0 Å². The predicted molar refractivity (Wildman–Crippen MR) is 58.5 cm³/mol. The van der Waals surface area contributed by atoms with E-state index in [4.69, 9.17) is 14.9 Å². The van der Waals surface area contributed by atoms with E-state index in [9.17, 15) is 18.3 Å². The van der Waals surface area contributed by atoms with Crippen LogP contribution in [0, 0.1) is 5.41 Å². The number of carbonyl (C=O) groups is 1. The van der Waals surface area contributed by atoms with Crippen LogP contribution < -0.4 is 0 Å². The normalized spacial score (nSPS) is 21.9. The molecule has 0 spiro atoms. The van der Waals surface area contributed by atoms with E-state index in [2.05, 4.69) is 0 Å². The molecule has 1 N–H and O–H groups in total. The summed E-state index contributed by atoms with van der Waals surface area (Å²) < 4.78 is 26.4. The van der Waals surface area contributed by atoms with Gasteiger partial charge >= 0.3 is 15.3 Å². The molecule has 0 radical (unpaired) electrons. The van der Waals surface area contributed by atoms with Crippen molar-refractivity contribution in [3.05, 3.63) is 0 Å². The van der Waals surface area contributed by atoms with Crippen LogP contribution in [0.25, 0.3) is 0 Å². The van der Waals surface area contributed by atoms with E-state index in [1.165, 1.54) is 0 Å². The molecule has 1 rings (SSSR count). The molecule has 0 aromatic carbocycles. The summed E-state index contributed by atoms with van der Waals surface area (Å²) in [5.74, 6) is -1.00. The minimum Gasteiger partial charge on any atom is -0.481 e. The third-order valence-electron chi connectivity index (χ3n) is 3.14. The maximum Gasteiger partial charge on any atom is 0.355 e. The van der Waals surface area contributed by atoms with Crippen molar-refractivity contribution in [3.8, 4) is 0 Å². The fourth-order valence-corrected chi connectivity index (χ4v) is 3.23. The molecule has 0 aromatic rings. The first kappa shape index (κ1) is 13.7. The summed E-state index contributed by atoms with van der Waals surface area (Å²) in [6, 6.07) is 0. The zero-order chi connectivity index (χ0) is 12.4. The van der Waals surface area contributed by atoms with Crippen molar-refractivity contribution >= 4 is 26.0 Å². The summed E-state index contributed by atoms with van der Waals surface area (Å²) in [5.41, 5.74) is -1.10. The van der Waals surface area contributed by atoms with Gasteiger partial charge in [0.2, 0.25) is 0 Å². The Balaban J connectivity index is 2.95.